The molecule has 14 heavy (non-hydrogen) atoms. The topological polar surface area (TPSA) is 58.0 Å². The Balaban J connectivity index is 2.14. The molecule has 4 heteroatoms. The molecule has 0 radical (unpaired) electrons. The molecule has 2 N–H and O–H groups in total. The Morgan fingerprint density at radius 2 is 2.50 bits per heavy atom. The van der Waals surface area contributed by atoms with E-state index in [-0.39, 0.29) is 0 Å². The molecule has 1 unspecified atom stereocenters. The number of hydrogen-bond acceptors (Lipinski definition) is 4. The van der Waals surface area contributed by atoms with Crippen molar-refractivity contribution in [1.82, 2.24) is 15.3 Å². The molecule has 1 aromatic rings. The lowest BCUT2D eigenvalue weighted by atomic mass is 9.94. The highest BCUT2D eigenvalue weighted by molar-refractivity contribution is 5.17. The van der Waals surface area contributed by atoms with Gasteiger partial charge in [-0.2, -0.15) is 0 Å². The van der Waals surface area contributed by atoms with Crippen LogP contribution in [0.25, 0.3) is 0 Å². The highest BCUT2D eigenvalue weighted by atomic mass is 16.3. The first-order valence-electron chi connectivity index (χ1n) is 4.88. The Kier molecular flexibility index (Phi) is 2.48. The van der Waals surface area contributed by atoms with E-state index in [0.29, 0.717) is 13.0 Å². The zero-order chi connectivity index (χ0) is 10.0. The molecule has 2 heterocycles. The fourth-order valence-corrected chi connectivity index (χ4v) is 1.83. The van der Waals surface area contributed by atoms with E-state index >= 15 is 0 Å². The summed E-state index contributed by atoms with van der Waals surface area (Å²) < 4.78 is 0. The maximum absolute atomic E-state index is 10.2. The fraction of sp³-hybridized carbons (Fsp3) is 0.600. The fourth-order valence-electron chi connectivity index (χ4n) is 1.83. The molecule has 1 saturated heterocycles. The number of rotatable bonds is 2. The van der Waals surface area contributed by atoms with E-state index < -0.39 is 5.60 Å². The zero-order valence-electron chi connectivity index (χ0n) is 8.32. The molecular formula is C10H15N3O. The standard InChI is InChI=1S/C10H15N3O/c1-8-9(5-12-7-13-8)4-10(14)2-3-11-6-10/h5,7,11,14H,2-4,6H2,1H3. The van der Waals surface area contributed by atoms with Crippen molar-refractivity contribution in [1.29, 1.82) is 0 Å². The van der Waals surface area contributed by atoms with Crippen LogP contribution in [0.4, 0.5) is 0 Å². The first-order valence-corrected chi connectivity index (χ1v) is 4.88. The third-order valence-corrected chi connectivity index (χ3v) is 2.75. The van der Waals surface area contributed by atoms with E-state index in [4.69, 9.17) is 0 Å². The van der Waals surface area contributed by atoms with Gasteiger partial charge in [-0.25, -0.2) is 9.97 Å². The van der Waals surface area contributed by atoms with Gasteiger partial charge in [-0.1, -0.05) is 0 Å². The van der Waals surface area contributed by atoms with E-state index in [2.05, 4.69) is 15.3 Å². The lowest BCUT2D eigenvalue weighted by molar-refractivity contribution is 0.0615. The molecular weight excluding hydrogens is 178 g/mol. The van der Waals surface area contributed by atoms with Crippen molar-refractivity contribution >= 4 is 0 Å². The normalized spacial score (nSPS) is 26.7. The predicted octanol–water partition coefficient (Wildman–Crippen LogP) is 0.0519. The number of hydrogen-bond donors (Lipinski definition) is 2. The quantitative estimate of drug-likeness (QED) is 0.697. The lowest BCUT2D eigenvalue weighted by Gasteiger charge is -2.21. The minimum absolute atomic E-state index is 0.602. The molecule has 4 nitrogen and oxygen atoms in total. The second-order valence-electron chi connectivity index (χ2n) is 3.96. The van der Waals surface area contributed by atoms with Crippen molar-refractivity contribution in [3.8, 4) is 0 Å². The molecule has 76 valence electrons. The smallest absolute Gasteiger partial charge is 0.115 e. The molecule has 0 aromatic carbocycles. The summed E-state index contributed by atoms with van der Waals surface area (Å²) in [6, 6.07) is 0. The van der Waals surface area contributed by atoms with Gasteiger partial charge in [0.2, 0.25) is 0 Å². The van der Waals surface area contributed by atoms with Gasteiger partial charge in [0.15, 0.2) is 0 Å². The van der Waals surface area contributed by atoms with E-state index in [9.17, 15) is 5.11 Å². The van der Waals surface area contributed by atoms with Gasteiger partial charge in [0, 0.05) is 24.9 Å². The maximum Gasteiger partial charge on any atom is 0.115 e. The molecule has 1 aliphatic heterocycles. The van der Waals surface area contributed by atoms with Crippen LogP contribution >= 0.6 is 0 Å². The minimum atomic E-state index is -0.602. The van der Waals surface area contributed by atoms with E-state index in [1.807, 2.05) is 6.92 Å². The SMILES string of the molecule is Cc1ncncc1CC1(O)CCNC1. The molecule has 0 aliphatic carbocycles. The van der Waals surface area contributed by atoms with E-state index in [1.165, 1.54) is 6.33 Å². The second kappa shape index (κ2) is 3.63. The summed E-state index contributed by atoms with van der Waals surface area (Å²) in [6.07, 6.45) is 4.78. The van der Waals surface area contributed by atoms with Crippen LogP contribution in [0.15, 0.2) is 12.5 Å². The lowest BCUT2D eigenvalue weighted by Crippen LogP contribution is -2.34. The number of nitrogens with one attached hydrogen (secondary N) is 1. The van der Waals surface area contributed by atoms with Crippen LogP contribution in [0, 0.1) is 6.92 Å². The van der Waals surface area contributed by atoms with Crippen molar-refractivity contribution in [3.05, 3.63) is 23.8 Å². The Bertz CT molecular complexity index is 321. The summed E-state index contributed by atoms with van der Waals surface area (Å²) >= 11 is 0. The van der Waals surface area contributed by atoms with Crippen molar-refractivity contribution in [3.63, 3.8) is 0 Å². The van der Waals surface area contributed by atoms with Gasteiger partial charge in [-0.3, -0.25) is 0 Å². The largest absolute Gasteiger partial charge is 0.388 e. The number of β-amino-alcohol motifs (C(OH)–C–C–N with tert-alkyl or cyclic N) is 1. The summed E-state index contributed by atoms with van der Waals surface area (Å²) in [6.45, 7) is 3.51. The second-order valence-corrected chi connectivity index (χ2v) is 3.96. The third kappa shape index (κ3) is 1.91. The van der Waals surface area contributed by atoms with Crippen molar-refractivity contribution in [2.24, 2.45) is 0 Å². The van der Waals surface area contributed by atoms with Crippen LogP contribution in [-0.4, -0.2) is 33.8 Å². The van der Waals surface area contributed by atoms with Gasteiger partial charge in [0.1, 0.15) is 6.33 Å². The van der Waals surface area contributed by atoms with Crippen molar-refractivity contribution in [2.75, 3.05) is 13.1 Å². The minimum Gasteiger partial charge on any atom is -0.388 e. The van der Waals surface area contributed by atoms with Gasteiger partial charge in [0.05, 0.1) is 5.60 Å². The first kappa shape index (κ1) is 9.55. The Hall–Kier alpha value is -1.00. The number of nitrogens with zero attached hydrogens (tertiary/aromatic N) is 2. The van der Waals surface area contributed by atoms with Crippen LogP contribution in [0.3, 0.4) is 0 Å². The average Bonchev–Trinajstić information content (AvgIpc) is 2.57. The average molecular weight is 193 g/mol. The molecule has 0 amide bonds. The van der Waals surface area contributed by atoms with Crippen LogP contribution in [0.1, 0.15) is 17.7 Å². The number of aryl methyl sites for hydroxylation is 1. The van der Waals surface area contributed by atoms with Crippen LogP contribution in [0.5, 0.6) is 0 Å². The number of aliphatic hydroxyl groups is 1. The molecule has 2 rings (SSSR count). The van der Waals surface area contributed by atoms with E-state index in [0.717, 1.165) is 24.2 Å². The molecule has 1 aliphatic rings. The summed E-state index contributed by atoms with van der Waals surface area (Å²) in [5.74, 6) is 0. The molecule has 1 aromatic heterocycles. The summed E-state index contributed by atoms with van der Waals surface area (Å²) in [5.41, 5.74) is 1.40. The van der Waals surface area contributed by atoms with Crippen LogP contribution in [-0.2, 0) is 6.42 Å². The molecule has 0 spiro atoms. The summed E-state index contributed by atoms with van der Waals surface area (Å²) in [4.78, 5) is 8.09. The Labute approximate surface area is 83.4 Å². The first-order chi connectivity index (χ1) is 6.70. The highest BCUT2D eigenvalue weighted by Crippen LogP contribution is 2.20. The summed E-state index contributed by atoms with van der Waals surface area (Å²) in [7, 11) is 0. The molecule has 0 saturated carbocycles. The Morgan fingerprint density at radius 3 is 3.14 bits per heavy atom. The highest BCUT2D eigenvalue weighted by Gasteiger charge is 2.31. The van der Waals surface area contributed by atoms with Crippen molar-refractivity contribution < 1.29 is 5.11 Å². The summed E-state index contributed by atoms with van der Waals surface area (Å²) in [5, 5.41) is 13.3. The predicted molar refractivity (Wildman–Crippen MR) is 52.9 cm³/mol. The van der Waals surface area contributed by atoms with Gasteiger partial charge >= 0.3 is 0 Å². The van der Waals surface area contributed by atoms with E-state index in [1.54, 1.807) is 6.20 Å². The van der Waals surface area contributed by atoms with Crippen molar-refractivity contribution in [2.45, 2.75) is 25.4 Å². The van der Waals surface area contributed by atoms with Gasteiger partial charge in [-0.05, 0) is 25.5 Å². The molecule has 0 bridgehead atoms. The number of aromatic nitrogens is 2. The molecule has 1 atom stereocenters. The van der Waals surface area contributed by atoms with Crippen LogP contribution < -0.4 is 5.32 Å². The zero-order valence-corrected chi connectivity index (χ0v) is 8.32. The van der Waals surface area contributed by atoms with Gasteiger partial charge in [-0.15, -0.1) is 0 Å². The Morgan fingerprint density at radius 1 is 1.64 bits per heavy atom. The van der Waals surface area contributed by atoms with Gasteiger partial charge < -0.3 is 10.4 Å². The van der Waals surface area contributed by atoms with Gasteiger partial charge in [0.25, 0.3) is 0 Å². The monoisotopic (exact) mass is 193 g/mol. The third-order valence-electron chi connectivity index (χ3n) is 2.75. The maximum atomic E-state index is 10.2. The molecule has 1 fully saturated rings. The van der Waals surface area contributed by atoms with Crippen LogP contribution in [0.2, 0.25) is 0 Å².